The number of anilines is 1. The van der Waals surface area contributed by atoms with E-state index in [2.05, 4.69) is 29.1 Å². The van der Waals surface area contributed by atoms with Crippen molar-refractivity contribution in [2.24, 2.45) is 5.92 Å². The molecular formula is C23H30N2O5S. The molecule has 7 nitrogen and oxygen atoms in total. The van der Waals surface area contributed by atoms with Crippen LogP contribution in [0, 0.1) is 12.8 Å². The van der Waals surface area contributed by atoms with E-state index in [1.54, 1.807) is 20.8 Å². The Kier molecular flexibility index (Phi) is 5.42. The van der Waals surface area contributed by atoms with Crippen molar-refractivity contribution >= 4 is 21.7 Å². The van der Waals surface area contributed by atoms with Gasteiger partial charge in [0.05, 0.1) is 5.60 Å². The third-order valence-corrected chi connectivity index (χ3v) is 7.60. The number of rotatable bonds is 6. The van der Waals surface area contributed by atoms with Gasteiger partial charge in [-0.25, -0.2) is 9.52 Å². The number of fused-ring (bicyclic) bond motifs is 1. The van der Waals surface area contributed by atoms with E-state index < -0.39 is 26.7 Å². The fourth-order valence-corrected chi connectivity index (χ4v) is 5.47. The minimum atomic E-state index is -4.23. The number of aliphatic hydroxyl groups is 1. The zero-order valence-electron chi connectivity index (χ0n) is 18.4. The monoisotopic (exact) mass is 446 g/mol. The first kappa shape index (κ1) is 21.9. The summed E-state index contributed by atoms with van der Waals surface area (Å²) in [7, 11) is -4.23. The highest BCUT2D eigenvalue weighted by atomic mass is 32.2. The number of benzene rings is 1. The van der Waals surface area contributed by atoms with Crippen LogP contribution in [-0.2, 0) is 28.5 Å². The SMILES string of the molecule is Cc1oc(S(=O)(=O)NC(=O)Nc2c([C@@H](C)C3CC3)ccc3c2CCC3)cc1C(C)(C)O. The maximum Gasteiger partial charge on any atom is 0.333 e. The third kappa shape index (κ3) is 4.36. The lowest BCUT2D eigenvalue weighted by molar-refractivity contribution is 0.0769. The molecule has 8 heteroatoms. The van der Waals surface area contributed by atoms with Gasteiger partial charge in [-0.3, -0.25) is 0 Å². The average molecular weight is 447 g/mol. The van der Waals surface area contributed by atoms with E-state index in [9.17, 15) is 18.3 Å². The maximum atomic E-state index is 12.8. The van der Waals surface area contributed by atoms with Crippen molar-refractivity contribution in [3.05, 3.63) is 46.2 Å². The van der Waals surface area contributed by atoms with Gasteiger partial charge in [-0.15, -0.1) is 0 Å². The summed E-state index contributed by atoms with van der Waals surface area (Å²) in [6.45, 7) is 6.82. The average Bonchev–Trinajstić information content (AvgIpc) is 3.24. The molecule has 0 saturated heterocycles. The Morgan fingerprint density at radius 1 is 1.26 bits per heavy atom. The second-order valence-electron chi connectivity index (χ2n) is 9.30. The van der Waals surface area contributed by atoms with Crippen LogP contribution >= 0.6 is 0 Å². The zero-order valence-corrected chi connectivity index (χ0v) is 19.2. The Labute approximate surface area is 183 Å². The van der Waals surface area contributed by atoms with Crippen LogP contribution in [0.3, 0.4) is 0 Å². The van der Waals surface area contributed by atoms with Crippen molar-refractivity contribution in [2.45, 2.75) is 76.4 Å². The summed E-state index contributed by atoms with van der Waals surface area (Å²) >= 11 is 0. The highest BCUT2D eigenvalue weighted by molar-refractivity contribution is 7.89. The van der Waals surface area contributed by atoms with Gasteiger partial charge in [0.15, 0.2) is 0 Å². The van der Waals surface area contributed by atoms with Crippen molar-refractivity contribution < 1.29 is 22.7 Å². The number of furan rings is 1. The molecule has 1 atom stereocenters. The number of sulfonamides is 1. The Morgan fingerprint density at radius 2 is 1.97 bits per heavy atom. The van der Waals surface area contributed by atoms with Crippen molar-refractivity contribution in [1.29, 1.82) is 0 Å². The lowest BCUT2D eigenvalue weighted by Crippen LogP contribution is -2.35. The molecule has 1 heterocycles. The van der Waals surface area contributed by atoms with Gasteiger partial charge >= 0.3 is 6.03 Å². The summed E-state index contributed by atoms with van der Waals surface area (Å²) in [6.07, 6.45) is 5.22. The number of carbonyl (C=O) groups is 1. The molecule has 2 aliphatic rings. The molecule has 0 radical (unpaired) electrons. The van der Waals surface area contributed by atoms with Crippen LogP contribution in [0.25, 0.3) is 0 Å². The maximum absolute atomic E-state index is 12.8. The van der Waals surface area contributed by atoms with Crippen LogP contribution in [0.1, 0.15) is 74.0 Å². The van der Waals surface area contributed by atoms with Crippen LogP contribution in [0.4, 0.5) is 10.5 Å². The summed E-state index contributed by atoms with van der Waals surface area (Å²) in [5, 5.41) is 12.6. The molecule has 3 N–H and O–H groups in total. The van der Waals surface area contributed by atoms with E-state index in [0.29, 0.717) is 17.4 Å². The quantitative estimate of drug-likeness (QED) is 0.612. The lowest BCUT2D eigenvalue weighted by atomic mass is 9.91. The highest BCUT2D eigenvalue weighted by Crippen LogP contribution is 2.46. The first-order valence-electron chi connectivity index (χ1n) is 10.8. The van der Waals surface area contributed by atoms with E-state index in [1.807, 2.05) is 0 Å². The predicted octanol–water partition coefficient (Wildman–Crippen LogP) is 4.33. The first-order chi connectivity index (χ1) is 14.5. The summed E-state index contributed by atoms with van der Waals surface area (Å²) < 4.78 is 32.9. The van der Waals surface area contributed by atoms with E-state index in [4.69, 9.17) is 4.42 Å². The number of carbonyl (C=O) groups excluding carboxylic acids is 1. The molecule has 0 bridgehead atoms. The fourth-order valence-electron chi connectivity index (χ4n) is 4.57. The number of hydrogen-bond donors (Lipinski definition) is 3. The first-order valence-corrected chi connectivity index (χ1v) is 12.3. The van der Waals surface area contributed by atoms with Gasteiger partial charge < -0.3 is 14.8 Å². The molecule has 0 aliphatic heterocycles. The van der Waals surface area contributed by atoms with Crippen LogP contribution in [-0.4, -0.2) is 19.6 Å². The summed E-state index contributed by atoms with van der Waals surface area (Å²) in [5.41, 5.74) is 3.22. The second-order valence-corrected chi connectivity index (χ2v) is 10.9. The van der Waals surface area contributed by atoms with Crippen LogP contribution in [0.15, 0.2) is 27.7 Å². The molecule has 2 aliphatic carbocycles. The van der Waals surface area contributed by atoms with Gasteiger partial charge in [0, 0.05) is 17.3 Å². The molecule has 0 spiro atoms. The van der Waals surface area contributed by atoms with Crippen LogP contribution < -0.4 is 10.0 Å². The third-order valence-electron chi connectivity index (χ3n) is 6.42. The molecule has 1 saturated carbocycles. The van der Waals surface area contributed by atoms with Crippen LogP contribution in [0.5, 0.6) is 0 Å². The van der Waals surface area contributed by atoms with Crippen molar-refractivity contribution in [2.75, 3.05) is 5.32 Å². The van der Waals surface area contributed by atoms with Gasteiger partial charge in [0.2, 0.25) is 5.09 Å². The largest absolute Gasteiger partial charge is 0.448 e. The number of hydrogen-bond acceptors (Lipinski definition) is 5. The Hall–Kier alpha value is -2.32. The lowest BCUT2D eigenvalue weighted by Gasteiger charge is -2.20. The topological polar surface area (TPSA) is 109 Å². The Bertz CT molecular complexity index is 1120. The van der Waals surface area contributed by atoms with Gasteiger partial charge in [-0.05, 0) is 81.4 Å². The summed E-state index contributed by atoms with van der Waals surface area (Å²) in [6, 6.07) is 4.65. The summed E-state index contributed by atoms with van der Waals surface area (Å²) in [4.78, 5) is 12.8. The molecule has 1 fully saturated rings. The molecule has 168 valence electrons. The standard InChI is InChI=1S/C23H30N2O5S/c1-13(15-8-9-15)17-11-10-16-6-5-7-18(16)21(17)24-22(26)25-31(28,29)20-12-19(14(2)30-20)23(3,4)27/h10-13,15,27H,5-9H2,1-4H3,(H2,24,25,26)/t13-/m0/s1. The Morgan fingerprint density at radius 3 is 2.58 bits per heavy atom. The second kappa shape index (κ2) is 7.67. The molecule has 2 aromatic rings. The van der Waals surface area contributed by atoms with E-state index in [0.717, 1.165) is 36.1 Å². The molecule has 1 aromatic heterocycles. The molecule has 2 amide bonds. The highest BCUT2D eigenvalue weighted by Gasteiger charge is 2.33. The molecule has 0 unspecified atom stereocenters. The molecular weight excluding hydrogens is 416 g/mol. The van der Waals surface area contributed by atoms with Gasteiger partial charge in [-0.2, -0.15) is 8.42 Å². The van der Waals surface area contributed by atoms with Gasteiger partial charge in [0.25, 0.3) is 10.0 Å². The van der Waals surface area contributed by atoms with Crippen LogP contribution in [0.2, 0.25) is 0 Å². The number of urea groups is 1. The zero-order chi connectivity index (χ0) is 22.6. The summed E-state index contributed by atoms with van der Waals surface area (Å²) in [5.74, 6) is 1.20. The van der Waals surface area contributed by atoms with Crippen molar-refractivity contribution in [3.63, 3.8) is 0 Å². The Balaban J connectivity index is 1.59. The fraction of sp³-hybridized carbons (Fsp3) is 0.522. The molecule has 4 rings (SSSR count). The molecule has 1 aromatic carbocycles. The van der Waals surface area contributed by atoms with E-state index in [-0.39, 0.29) is 5.76 Å². The minimum absolute atomic E-state index is 0.287. The van der Waals surface area contributed by atoms with Gasteiger partial charge in [-0.1, -0.05) is 19.1 Å². The van der Waals surface area contributed by atoms with Crippen molar-refractivity contribution in [1.82, 2.24) is 4.72 Å². The van der Waals surface area contributed by atoms with Gasteiger partial charge in [0.1, 0.15) is 5.76 Å². The molecule has 31 heavy (non-hydrogen) atoms. The number of nitrogens with one attached hydrogen (secondary N) is 2. The predicted molar refractivity (Wildman–Crippen MR) is 118 cm³/mol. The van der Waals surface area contributed by atoms with E-state index >= 15 is 0 Å². The number of amides is 2. The minimum Gasteiger partial charge on any atom is -0.448 e. The smallest absolute Gasteiger partial charge is 0.333 e. The van der Waals surface area contributed by atoms with Crippen molar-refractivity contribution in [3.8, 4) is 0 Å². The van der Waals surface area contributed by atoms with E-state index in [1.165, 1.54) is 24.5 Å². The number of aryl methyl sites for hydroxylation is 2. The normalized spacial score (nSPS) is 17.3.